The highest BCUT2D eigenvalue weighted by Crippen LogP contribution is 2.25. The average molecular weight is 313 g/mol. The van der Waals surface area contributed by atoms with Crippen molar-refractivity contribution >= 4 is 29.0 Å². The second-order valence-electron chi connectivity index (χ2n) is 6.18. The van der Waals surface area contributed by atoms with Gasteiger partial charge in [0, 0.05) is 33.0 Å². The van der Waals surface area contributed by atoms with Gasteiger partial charge >= 0.3 is 0 Å². The number of hydrogen-bond acceptors (Lipinski definition) is 3. The summed E-state index contributed by atoms with van der Waals surface area (Å²) in [6.07, 6.45) is 2.97. The minimum Gasteiger partial charge on any atom is -0.393 e. The van der Waals surface area contributed by atoms with E-state index in [4.69, 9.17) is 18.0 Å². The van der Waals surface area contributed by atoms with E-state index < -0.39 is 0 Å². The maximum Gasteiger partial charge on any atom is 0.241 e. The van der Waals surface area contributed by atoms with Crippen molar-refractivity contribution in [3.8, 4) is 0 Å². The molecule has 1 saturated heterocycles. The van der Waals surface area contributed by atoms with Gasteiger partial charge in [-0.25, -0.2) is 0 Å². The lowest BCUT2D eigenvalue weighted by molar-refractivity contribution is -0.139. The molecule has 1 aliphatic rings. The maximum absolute atomic E-state index is 12.1. The van der Waals surface area contributed by atoms with Crippen LogP contribution in [0.4, 0.5) is 0 Å². The van der Waals surface area contributed by atoms with Gasteiger partial charge in [-0.2, -0.15) is 0 Å². The van der Waals surface area contributed by atoms with E-state index >= 15 is 0 Å². The summed E-state index contributed by atoms with van der Waals surface area (Å²) in [6.45, 7) is 5.73. The second kappa shape index (κ2) is 8.32. The zero-order valence-electron chi connectivity index (χ0n) is 13.3. The predicted molar refractivity (Wildman–Crippen MR) is 87.8 cm³/mol. The van der Waals surface area contributed by atoms with Crippen LogP contribution in [0.25, 0.3) is 0 Å². The number of thiocarbonyl (C=S) groups is 1. The lowest BCUT2D eigenvalue weighted by Crippen LogP contribution is -2.42. The van der Waals surface area contributed by atoms with Gasteiger partial charge in [-0.3, -0.25) is 9.59 Å². The van der Waals surface area contributed by atoms with Crippen molar-refractivity contribution in [1.82, 2.24) is 9.80 Å². The first kappa shape index (κ1) is 17.9. The number of likely N-dealkylation sites (N-methyl/N-ethyl adjacent to an activating group) is 1. The monoisotopic (exact) mass is 313 g/mol. The van der Waals surface area contributed by atoms with Crippen molar-refractivity contribution in [2.45, 2.75) is 39.5 Å². The Morgan fingerprint density at radius 2 is 2.14 bits per heavy atom. The zero-order valence-corrected chi connectivity index (χ0v) is 14.1. The number of carbonyl (C=O) groups is 2. The minimum atomic E-state index is -0.0532. The fourth-order valence-corrected chi connectivity index (χ4v) is 2.67. The Labute approximate surface area is 132 Å². The molecule has 21 heavy (non-hydrogen) atoms. The molecule has 0 aromatic heterocycles. The summed E-state index contributed by atoms with van der Waals surface area (Å²) in [7, 11) is 1.72. The molecule has 5 nitrogen and oxygen atoms in total. The van der Waals surface area contributed by atoms with E-state index in [2.05, 4.69) is 13.8 Å². The number of likely N-dealkylation sites (tertiary alicyclic amines) is 1. The van der Waals surface area contributed by atoms with Gasteiger partial charge in [-0.15, -0.1) is 0 Å². The number of hydrogen-bond donors (Lipinski definition) is 1. The molecule has 1 unspecified atom stereocenters. The van der Waals surface area contributed by atoms with Gasteiger partial charge < -0.3 is 15.5 Å². The summed E-state index contributed by atoms with van der Waals surface area (Å²) >= 11 is 4.81. The van der Waals surface area contributed by atoms with Gasteiger partial charge in [0.05, 0.1) is 11.5 Å². The standard InChI is InChI=1S/C15H27N3O2S/c1-11(2)12-4-5-14(19)18(9-6-12)10-15(20)17(3)8-7-13(16)21/h11-12H,4-10H2,1-3H3,(H2,16,21). The molecule has 1 rings (SSSR count). The highest BCUT2D eigenvalue weighted by Gasteiger charge is 2.26. The summed E-state index contributed by atoms with van der Waals surface area (Å²) in [5.41, 5.74) is 5.44. The Morgan fingerprint density at radius 3 is 2.71 bits per heavy atom. The van der Waals surface area contributed by atoms with Gasteiger partial charge in [-0.1, -0.05) is 26.1 Å². The lowest BCUT2D eigenvalue weighted by atomic mass is 9.89. The highest BCUT2D eigenvalue weighted by molar-refractivity contribution is 7.80. The van der Waals surface area contributed by atoms with Gasteiger partial charge in [0.2, 0.25) is 11.8 Å². The van der Waals surface area contributed by atoms with Crippen molar-refractivity contribution in [3.63, 3.8) is 0 Å². The average Bonchev–Trinajstić information content (AvgIpc) is 2.59. The number of nitrogens with zero attached hydrogens (tertiary/aromatic N) is 2. The van der Waals surface area contributed by atoms with Gasteiger partial charge in [0.25, 0.3) is 0 Å². The van der Waals surface area contributed by atoms with E-state index in [-0.39, 0.29) is 18.4 Å². The van der Waals surface area contributed by atoms with Crippen LogP contribution in [0.3, 0.4) is 0 Å². The summed E-state index contributed by atoms with van der Waals surface area (Å²) < 4.78 is 0. The molecule has 1 heterocycles. The summed E-state index contributed by atoms with van der Waals surface area (Å²) in [5, 5.41) is 0. The maximum atomic E-state index is 12.1. The molecule has 1 aliphatic heterocycles. The molecule has 0 bridgehead atoms. The van der Waals surface area contributed by atoms with Gasteiger partial charge in [-0.05, 0) is 24.7 Å². The normalized spacial score (nSPS) is 19.5. The van der Waals surface area contributed by atoms with E-state index in [9.17, 15) is 9.59 Å². The molecule has 1 fully saturated rings. The summed E-state index contributed by atoms with van der Waals surface area (Å²) in [5.74, 6) is 1.19. The molecule has 0 aliphatic carbocycles. The number of rotatable bonds is 6. The van der Waals surface area contributed by atoms with Crippen molar-refractivity contribution < 1.29 is 9.59 Å². The number of amides is 2. The van der Waals surface area contributed by atoms with Crippen LogP contribution in [0.2, 0.25) is 0 Å². The molecular weight excluding hydrogens is 286 g/mol. The Bertz CT molecular complexity index is 398. The molecule has 0 aromatic carbocycles. The van der Waals surface area contributed by atoms with E-state index in [1.54, 1.807) is 16.8 Å². The highest BCUT2D eigenvalue weighted by atomic mass is 32.1. The third-order valence-electron chi connectivity index (χ3n) is 4.24. The van der Waals surface area contributed by atoms with Crippen LogP contribution in [0.1, 0.15) is 39.5 Å². The quantitative estimate of drug-likeness (QED) is 0.753. The minimum absolute atomic E-state index is 0.0532. The van der Waals surface area contributed by atoms with E-state index in [1.165, 1.54) is 0 Å². The van der Waals surface area contributed by atoms with Crippen LogP contribution in [-0.2, 0) is 9.59 Å². The first-order valence-electron chi connectivity index (χ1n) is 7.61. The van der Waals surface area contributed by atoms with Crippen molar-refractivity contribution in [2.24, 2.45) is 17.6 Å². The molecule has 2 amide bonds. The largest absolute Gasteiger partial charge is 0.393 e. The fraction of sp³-hybridized carbons (Fsp3) is 0.800. The number of nitrogens with two attached hydrogens (primary N) is 1. The third-order valence-corrected chi connectivity index (χ3v) is 4.44. The molecule has 0 spiro atoms. The molecule has 1 atom stereocenters. The Kier molecular flexibility index (Phi) is 7.08. The number of carbonyl (C=O) groups excluding carboxylic acids is 2. The van der Waals surface area contributed by atoms with E-state index in [0.717, 1.165) is 12.8 Å². The van der Waals surface area contributed by atoms with Crippen molar-refractivity contribution in [3.05, 3.63) is 0 Å². The van der Waals surface area contributed by atoms with Crippen LogP contribution in [-0.4, -0.2) is 53.3 Å². The topological polar surface area (TPSA) is 66.6 Å². The van der Waals surface area contributed by atoms with Crippen LogP contribution in [0.15, 0.2) is 0 Å². The molecular formula is C15H27N3O2S. The molecule has 0 saturated carbocycles. The third kappa shape index (κ3) is 5.99. The van der Waals surface area contributed by atoms with Crippen molar-refractivity contribution in [1.29, 1.82) is 0 Å². The Morgan fingerprint density at radius 1 is 1.48 bits per heavy atom. The summed E-state index contributed by atoms with van der Waals surface area (Å²) in [6, 6.07) is 0. The SMILES string of the molecule is CC(C)C1CCC(=O)N(CC(=O)N(C)CCC(N)=S)CC1. The molecule has 120 valence electrons. The lowest BCUT2D eigenvalue weighted by Gasteiger charge is -2.24. The Hall–Kier alpha value is -1.17. The summed E-state index contributed by atoms with van der Waals surface area (Å²) in [4.78, 5) is 28.0. The predicted octanol–water partition coefficient (Wildman–Crippen LogP) is 1.41. The molecule has 0 aromatic rings. The Balaban J connectivity index is 2.50. The second-order valence-corrected chi connectivity index (χ2v) is 6.70. The van der Waals surface area contributed by atoms with Crippen LogP contribution in [0, 0.1) is 11.8 Å². The van der Waals surface area contributed by atoms with Crippen molar-refractivity contribution in [2.75, 3.05) is 26.7 Å². The zero-order chi connectivity index (χ0) is 16.0. The molecule has 6 heteroatoms. The first-order valence-corrected chi connectivity index (χ1v) is 8.02. The van der Waals surface area contributed by atoms with Gasteiger partial charge in [0.1, 0.15) is 0 Å². The van der Waals surface area contributed by atoms with Gasteiger partial charge in [0.15, 0.2) is 0 Å². The van der Waals surface area contributed by atoms with Crippen LogP contribution < -0.4 is 5.73 Å². The fourth-order valence-electron chi connectivity index (χ4n) is 2.58. The van der Waals surface area contributed by atoms with Crippen LogP contribution >= 0.6 is 12.2 Å². The van der Waals surface area contributed by atoms with E-state index in [0.29, 0.717) is 42.8 Å². The first-order chi connectivity index (χ1) is 9.81. The molecule has 0 radical (unpaired) electrons. The molecule has 2 N–H and O–H groups in total. The van der Waals surface area contributed by atoms with E-state index in [1.807, 2.05) is 0 Å². The van der Waals surface area contributed by atoms with Crippen LogP contribution in [0.5, 0.6) is 0 Å². The smallest absolute Gasteiger partial charge is 0.241 e.